The van der Waals surface area contributed by atoms with Gasteiger partial charge in [-0.2, -0.15) is 0 Å². The molecule has 1 aliphatic heterocycles. The van der Waals surface area contributed by atoms with Crippen LogP contribution in [-0.2, 0) is 4.79 Å². The van der Waals surface area contributed by atoms with Crippen molar-refractivity contribution in [3.05, 3.63) is 29.8 Å². The zero-order valence-corrected chi connectivity index (χ0v) is 13.0. The average molecular weight is 290 g/mol. The summed E-state index contributed by atoms with van der Waals surface area (Å²) in [5, 5.41) is 6.36. The van der Waals surface area contributed by atoms with E-state index >= 15 is 0 Å². The molecule has 4 heteroatoms. The van der Waals surface area contributed by atoms with Crippen LogP contribution in [0.25, 0.3) is 0 Å². The molecule has 2 rings (SSSR count). The smallest absolute Gasteiger partial charge is 0.220 e. The number of aryl methyl sites for hydroxylation is 1. The third-order valence-corrected chi connectivity index (χ3v) is 3.80. The molecule has 0 spiro atoms. The van der Waals surface area contributed by atoms with E-state index in [1.54, 1.807) is 0 Å². The van der Waals surface area contributed by atoms with Crippen LogP contribution in [0.4, 0.5) is 0 Å². The maximum atomic E-state index is 12.0. The number of hydrogen-bond acceptors (Lipinski definition) is 3. The van der Waals surface area contributed by atoms with Gasteiger partial charge in [-0.3, -0.25) is 4.79 Å². The van der Waals surface area contributed by atoms with Crippen LogP contribution >= 0.6 is 0 Å². The Kier molecular flexibility index (Phi) is 6.05. The van der Waals surface area contributed by atoms with Gasteiger partial charge in [0.15, 0.2) is 0 Å². The van der Waals surface area contributed by atoms with E-state index in [-0.39, 0.29) is 11.9 Å². The predicted molar refractivity (Wildman–Crippen MR) is 84.5 cm³/mol. The van der Waals surface area contributed by atoms with Crippen molar-refractivity contribution in [2.75, 3.05) is 19.7 Å². The minimum absolute atomic E-state index is 0.0235. The van der Waals surface area contributed by atoms with E-state index in [0.29, 0.717) is 18.9 Å². The molecule has 2 unspecified atom stereocenters. The molecule has 4 nitrogen and oxygen atoms in total. The van der Waals surface area contributed by atoms with Gasteiger partial charge >= 0.3 is 0 Å². The molecule has 1 amide bonds. The van der Waals surface area contributed by atoms with Crippen LogP contribution in [0.2, 0.25) is 0 Å². The molecule has 1 fully saturated rings. The molecule has 1 heterocycles. The van der Waals surface area contributed by atoms with E-state index in [2.05, 4.69) is 10.6 Å². The lowest BCUT2D eigenvalue weighted by Gasteiger charge is -2.23. The van der Waals surface area contributed by atoms with Gasteiger partial charge in [0.2, 0.25) is 5.91 Å². The highest BCUT2D eigenvalue weighted by Crippen LogP contribution is 2.14. The molecular weight excluding hydrogens is 264 g/mol. The normalized spacial score (nSPS) is 19.8. The molecule has 1 aliphatic rings. The molecule has 2 atom stereocenters. The van der Waals surface area contributed by atoms with Crippen molar-refractivity contribution in [3.63, 3.8) is 0 Å². The summed E-state index contributed by atoms with van der Waals surface area (Å²) in [6.07, 6.45) is 2.93. The summed E-state index contributed by atoms with van der Waals surface area (Å²) in [5.41, 5.74) is 1.21. The van der Waals surface area contributed by atoms with Crippen LogP contribution in [0, 0.1) is 12.8 Å². The number of benzene rings is 1. The van der Waals surface area contributed by atoms with Crippen molar-refractivity contribution < 1.29 is 9.53 Å². The zero-order chi connectivity index (χ0) is 15.1. The number of carbonyl (C=O) groups is 1. The van der Waals surface area contributed by atoms with E-state index < -0.39 is 0 Å². The molecule has 2 N–H and O–H groups in total. The van der Waals surface area contributed by atoms with Gasteiger partial charge in [-0.25, -0.2) is 0 Å². The first-order valence-electron chi connectivity index (χ1n) is 7.83. The Bertz CT molecular complexity index is 439. The highest BCUT2D eigenvalue weighted by Gasteiger charge is 2.17. The first-order valence-corrected chi connectivity index (χ1v) is 7.83. The van der Waals surface area contributed by atoms with E-state index in [0.717, 1.165) is 25.3 Å². The first kappa shape index (κ1) is 15.8. The van der Waals surface area contributed by atoms with Crippen LogP contribution in [-0.4, -0.2) is 31.6 Å². The first-order chi connectivity index (χ1) is 10.1. The second-order valence-corrected chi connectivity index (χ2v) is 6.01. The zero-order valence-electron chi connectivity index (χ0n) is 13.0. The van der Waals surface area contributed by atoms with Crippen molar-refractivity contribution in [1.82, 2.24) is 10.6 Å². The highest BCUT2D eigenvalue weighted by molar-refractivity contribution is 5.76. The summed E-state index contributed by atoms with van der Waals surface area (Å²) >= 11 is 0. The number of hydrogen-bond donors (Lipinski definition) is 2. The number of piperidine rings is 1. The molecule has 0 aromatic heterocycles. The molecule has 0 aliphatic carbocycles. The summed E-state index contributed by atoms with van der Waals surface area (Å²) in [7, 11) is 0. The topological polar surface area (TPSA) is 50.4 Å². The summed E-state index contributed by atoms with van der Waals surface area (Å²) in [5.74, 6) is 1.45. The lowest BCUT2D eigenvalue weighted by molar-refractivity contribution is -0.122. The minimum Gasteiger partial charge on any atom is -0.491 e. The number of rotatable bonds is 6. The van der Waals surface area contributed by atoms with Crippen LogP contribution in [0.15, 0.2) is 24.3 Å². The SMILES string of the molecule is Cc1ccc(OCC(C)NC(=O)CC2CCCNC2)cc1. The largest absolute Gasteiger partial charge is 0.491 e. The molecule has 1 aromatic carbocycles. The van der Waals surface area contributed by atoms with Gasteiger partial charge in [0.1, 0.15) is 12.4 Å². The number of carbonyl (C=O) groups excluding carboxylic acids is 1. The third kappa shape index (κ3) is 5.76. The Morgan fingerprint density at radius 2 is 2.19 bits per heavy atom. The van der Waals surface area contributed by atoms with Crippen molar-refractivity contribution >= 4 is 5.91 Å². The quantitative estimate of drug-likeness (QED) is 0.845. The Balaban J connectivity index is 1.67. The van der Waals surface area contributed by atoms with Crippen LogP contribution in [0.1, 0.15) is 31.7 Å². The number of amides is 1. The van der Waals surface area contributed by atoms with Gasteiger partial charge in [0.05, 0.1) is 6.04 Å². The van der Waals surface area contributed by atoms with E-state index in [1.165, 1.54) is 12.0 Å². The summed E-state index contributed by atoms with van der Waals surface area (Å²) in [6.45, 7) is 6.57. The molecule has 21 heavy (non-hydrogen) atoms. The number of ether oxygens (including phenoxy) is 1. The molecule has 0 bridgehead atoms. The third-order valence-electron chi connectivity index (χ3n) is 3.80. The Morgan fingerprint density at radius 3 is 2.86 bits per heavy atom. The molecule has 1 saturated heterocycles. The van der Waals surface area contributed by atoms with Crippen molar-refractivity contribution in [2.45, 2.75) is 39.2 Å². The molecule has 0 saturated carbocycles. The summed E-state index contributed by atoms with van der Waals surface area (Å²) in [4.78, 5) is 12.0. The lowest BCUT2D eigenvalue weighted by Crippen LogP contribution is -2.39. The molecule has 116 valence electrons. The average Bonchev–Trinajstić information content (AvgIpc) is 2.47. The second kappa shape index (κ2) is 8.03. The summed E-state index contributed by atoms with van der Waals surface area (Å²) < 4.78 is 5.69. The fourth-order valence-corrected chi connectivity index (χ4v) is 2.59. The standard InChI is InChI=1S/C17H26N2O2/c1-13-5-7-16(8-6-13)21-12-14(2)19-17(20)10-15-4-3-9-18-11-15/h5-8,14-15,18H,3-4,9-12H2,1-2H3,(H,19,20). The van der Waals surface area contributed by atoms with E-state index in [9.17, 15) is 4.79 Å². The Labute approximate surface area is 127 Å². The van der Waals surface area contributed by atoms with Gasteiger partial charge in [-0.15, -0.1) is 0 Å². The van der Waals surface area contributed by atoms with Gasteiger partial charge in [-0.1, -0.05) is 17.7 Å². The predicted octanol–water partition coefficient (Wildman–Crippen LogP) is 2.27. The monoisotopic (exact) mass is 290 g/mol. The Hall–Kier alpha value is -1.55. The van der Waals surface area contributed by atoms with E-state index in [1.807, 2.05) is 38.1 Å². The van der Waals surface area contributed by atoms with Gasteiger partial charge in [0.25, 0.3) is 0 Å². The van der Waals surface area contributed by atoms with Crippen LogP contribution in [0.5, 0.6) is 5.75 Å². The Morgan fingerprint density at radius 1 is 1.43 bits per heavy atom. The van der Waals surface area contributed by atoms with Gasteiger partial charge < -0.3 is 15.4 Å². The highest BCUT2D eigenvalue weighted by atomic mass is 16.5. The maximum Gasteiger partial charge on any atom is 0.220 e. The maximum absolute atomic E-state index is 12.0. The van der Waals surface area contributed by atoms with Gasteiger partial charge in [-0.05, 0) is 57.8 Å². The van der Waals surface area contributed by atoms with Crippen molar-refractivity contribution in [3.8, 4) is 5.75 Å². The lowest BCUT2D eigenvalue weighted by atomic mass is 9.96. The number of nitrogens with one attached hydrogen (secondary N) is 2. The molecule has 0 radical (unpaired) electrons. The van der Waals surface area contributed by atoms with Gasteiger partial charge in [0, 0.05) is 6.42 Å². The summed E-state index contributed by atoms with van der Waals surface area (Å²) in [6, 6.07) is 7.98. The van der Waals surface area contributed by atoms with Crippen molar-refractivity contribution in [1.29, 1.82) is 0 Å². The minimum atomic E-state index is 0.0235. The second-order valence-electron chi connectivity index (χ2n) is 6.01. The molecule has 1 aromatic rings. The fraction of sp³-hybridized carbons (Fsp3) is 0.588. The fourth-order valence-electron chi connectivity index (χ4n) is 2.59. The van der Waals surface area contributed by atoms with Crippen LogP contribution < -0.4 is 15.4 Å². The van der Waals surface area contributed by atoms with Crippen molar-refractivity contribution in [2.24, 2.45) is 5.92 Å². The molecular formula is C17H26N2O2. The van der Waals surface area contributed by atoms with E-state index in [4.69, 9.17) is 4.74 Å². The van der Waals surface area contributed by atoms with Crippen LogP contribution in [0.3, 0.4) is 0 Å².